The van der Waals surface area contributed by atoms with Crippen molar-refractivity contribution in [3.8, 4) is 28.5 Å². The Kier molecular flexibility index (Phi) is 6.03. The molecular weight excluding hydrogens is 488 g/mol. The Bertz CT molecular complexity index is 1560. The summed E-state index contributed by atoms with van der Waals surface area (Å²) in [6, 6.07) is 16.7. The van der Waals surface area contributed by atoms with E-state index in [0.29, 0.717) is 34.1 Å². The molecule has 10 heteroatoms. The van der Waals surface area contributed by atoms with Crippen LogP contribution in [-0.2, 0) is 6.54 Å². The Balaban J connectivity index is 1.52. The number of benzene rings is 2. The van der Waals surface area contributed by atoms with Crippen molar-refractivity contribution >= 4 is 52.1 Å². The zero-order valence-corrected chi connectivity index (χ0v) is 20.8. The number of carbonyl (C=O) groups is 1. The van der Waals surface area contributed by atoms with Crippen molar-refractivity contribution in [2.24, 2.45) is 0 Å². The number of H-pyrrole nitrogens is 1. The number of aromatic nitrogens is 4. The highest BCUT2D eigenvalue weighted by Gasteiger charge is 2.23. The molecule has 34 heavy (non-hydrogen) atoms. The predicted octanol–water partition coefficient (Wildman–Crippen LogP) is 6.40. The molecule has 172 valence electrons. The lowest BCUT2D eigenvalue weighted by molar-refractivity contribution is 0.0703. The summed E-state index contributed by atoms with van der Waals surface area (Å²) in [5.41, 5.74) is 5.37. The fourth-order valence-electron chi connectivity index (χ4n) is 3.95. The van der Waals surface area contributed by atoms with Crippen molar-refractivity contribution in [3.63, 3.8) is 0 Å². The number of fused-ring (bicyclic) bond motifs is 1. The molecule has 0 unspecified atom stereocenters. The van der Waals surface area contributed by atoms with Crippen LogP contribution in [0.15, 0.2) is 48.5 Å². The summed E-state index contributed by atoms with van der Waals surface area (Å²) in [4.78, 5) is 22.0. The number of ether oxygens (including phenoxy) is 1. The number of carboxylic acid groups (broad SMARTS) is 1. The summed E-state index contributed by atoms with van der Waals surface area (Å²) < 4.78 is 11.3. The normalized spacial score (nSPS) is 11.2. The van der Waals surface area contributed by atoms with E-state index in [1.165, 1.54) is 22.9 Å². The SMILES string of the molecule is CCOc1nc2c(C)sc(C(=O)O)c2n1Cc1ccc(-c2ccccc2-c2nc(=S)s[nH]2)cc1. The van der Waals surface area contributed by atoms with Crippen molar-refractivity contribution in [2.75, 3.05) is 6.61 Å². The molecule has 0 radical (unpaired) electrons. The number of hydrogen-bond acceptors (Lipinski definition) is 7. The highest BCUT2D eigenvalue weighted by atomic mass is 32.2. The van der Waals surface area contributed by atoms with Crippen LogP contribution in [0.25, 0.3) is 33.5 Å². The van der Waals surface area contributed by atoms with Gasteiger partial charge in [0.25, 0.3) is 6.01 Å². The van der Waals surface area contributed by atoms with Crippen LogP contribution in [0.4, 0.5) is 0 Å². The average molecular weight is 509 g/mol. The number of hydrogen-bond donors (Lipinski definition) is 2. The van der Waals surface area contributed by atoms with Gasteiger partial charge in [0.1, 0.15) is 16.2 Å². The minimum Gasteiger partial charge on any atom is -0.477 e. The minimum atomic E-state index is -0.958. The van der Waals surface area contributed by atoms with Gasteiger partial charge in [-0.05, 0) is 54.3 Å². The first-order chi connectivity index (χ1) is 16.5. The topological polar surface area (TPSA) is 93.0 Å². The van der Waals surface area contributed by atoms with Crippen LogP contribution in [-0.4, -0.2) is 36.6 Å². The van der Waals surface area contributed by atoms with Gasteiger partial charge < -0.3 is 9.84 Å². The second-order valence-electron chi connectivity index (χ2n) is 7.58. The summed E-state index contributed by atoms with van der Waals surface area (Å²) in [5.74, 6) is -0.203. The van der Waals surface area contributed by atoms with Crippen LogP contribution in [0.1, 0.15) is 27.0 Å². The number of thiophene rings is 1. The van der Waals surface area contributed by atoms with E-state index in [9.17, 15) is 9.90 Å². The van der Waals surface area contributed by atoms with E-state index in [4.69, 9.17) is 17.0 Å². The molecule has 3 aromatic heterocycles. The molecule has 0 bridgehead atoms. The fraction of sp³-hybridized carbons (Fsp3) is 0.167. The van der Waals surface area contributed by atoms with E-state index in [2.05, 4.69) is 32.5 Å². The third-order valence-corrected chi connectivity index (χ3v) is 7.40. The molecule has 0 saturated heterocycles. The lowest BCUT2D eigenvalue weighted by Gasteiger charge is -2.11. The quantitative estimate of drug-likeness (QED) is 0.247. The first-order valence-electron chi connectivity index (χ1n) is 10.6. The summed E-state index contributed by atoms with van der Waals surface area (Å²) in [6.45, 7) is 4.66. The second kappa shape index (κ2) is 9.13. The maximum absolute atomic E-state index is 11.9. The molecule has 0 spiro atoms. The second-order valence-corrected chi connectivity index (χ2v) is 10.2. The molecule has 3 heterocycles. The maximum Gasteiger partial charge on any atom is 0.348 e. The van der Waals surface area contributed by atoms with Gasteiger partial charge in [-0.2, -0.15) is 4.98 Å². The summed E-state index contributed by atoms with van der Waals surface area (Å²) >= 11 is 7.75. The molecule has 5 aromatic rings. The third-order valence-electron chi connectivity index (χ3n) is 5.43. The summed E-state index contributed by atoms with van der Waals surface area (Å²) in [5, 5.41) is 9.72. The number of carboxylic acids is 1. The van der Waals surface area contributed by atoms with Gasteiger partial charge in [0.15, 0.2) is 3.95 Å². The molecule has 0 amide bonds. The third kappa shape index (κ3) is 4.04. The maximum atomic E-state index is 11.9. The molecular formula is C24H20N4O3S3. The van der Waals surface area contributed by atoms with Crippen LogP contribution >= 0.6 is 35.1 Å². The number of nitrogens with one attached hydrogen (secondary N) is 1. The van der Waals surface area contributed by atoms with E-state index in [1.807, 2.05) is 48.7 Å². The highest BCUT2D eigenvalue weighted by Crippen LogP contribution is 2.35. The molecule has 0 atom stereocenters. The van der Waals surface area contributed by atoms with Gasteiger partial charge >= 0.3 is 5.97 Å². The van der Waals surface area contributed by atoms with Crippen molar-refractivity contribution < 1.29 is 14.6 Å². The van der Waals surface area contributed by atoms with Gasteiger partial charge in [0.05, 0.1) is 18.7 Å². The molecule has 0 aliphatic carbocycles. The van der Waals surface area contributed by atoms with E-state index < -0.39 is 5.97 Å². The summed E-state index contributed by atoms with van der Waals surface area (Å²) in [6.07, 6.45) is 0. The molecule has 5 rings (SSSR count). The van der Waals surface area contributed by atoms with Gasteiger partial charge in [0, 0.05) is 10.4 Å². The fourth-order valence-corrected chi connectivity index (χ4v) is 5.58. The molecule has 0 aliphatic heterocycles. The standard InChI is InChI=1S/C24H20N4O3S3/c1-3-31-23-25-18-13(2)33-20(22(29)30)19(18)28(23)12-14-8-10-15(11-9-14)16-6-4-5-7-17(16)21-26-24(32)34-27-21/h4-11H,3,12H2,1-2H3,(H,29,30)(H,26,27,32). The van der Waals surface area contributed by atoms with E-state index in [1.54, 1.807) is 0 Å². The number of aromatic amines is 1. The number of imidazole rings is 1. The van der Waals surface area contributed by atoms with E-state index >= 15 is 0 Å². The Hall–Kier alpha value is -3.34. The predicted molar refractivity (Wildman–Crippen MR) is 138 cm³/mol. The Morgan fingerprint density at radius 3 is 2.53 bits per heavy atom. The minimum absolute atomic E-state index is 0.275. The zero-order chi connectivity index (χ0) is 23.8. The van der Waals surface area contributed by atoms with Crippen molar-refractivity contribution in [1.82, 2.24) is 18.9 Å². The number of aryl methyl sites for hydroxylation is 1. The van der Waals surface area contributed by atoms with E-state index in [0.717, 1.165) is 33.0 Å². The first-order valence-corrected chi connectivity index (χ1v) is 12.6. The van der Waals surface area contributed by atoms with Crippen molar-refractivity contribution in [2.45, 2.75) is 20.4 Å². The summed E-state index contributed by atoms with van der Waals surface area (Å²) in [7, 11) is 0. The number of aromatic carboxylic acids is 1. The van der Waals surface area contributed by atoms with Gasteiger partial charge in [-0.3, -0.25) is 8.94 Å². The van der Waals surface area contributed by atoms with Gasteiger partial charge in [-0.15, -0.1) is 11.3 Å². The van der Waals surface area contributed by atoms with Crippen LogP contribution in [0.3, 0.4) is 0 Å². The molecule has 0 fully saturated rings. The highest BCUT2D eigenvalue weighted by molar-refractivity contribution is 7.73. The van der Waals surface area contributed by atoms with Crippen LogP contribution in [0.2, 0.25) is 0 Å². The Labute approximate surface area is 208 Å². The van der Waals surface area contributed by atoms with Crippen molar-refractivity contribution in [1.29, 1.82) is 0 Å². The van der Waals surface area contributed by atoms with Crippen LogP contribution < -0.4 is 4.74 Å². The zero-order valence-electron chi connectivity index (χ0n) is 18.4. The average Bonchev–Trinajstić information content (AvgIpc) is 3.51. The number of rotatable bonds is 7. The van der Waals surface area contributed by atoms with Gasteiger partial charge in [0.2, 0.25) is 0 Å². The molecule has 2 aromatic carbocycles. The lowest BCUT2D eigenvalue weighted by atomic mass is 9.98. The van der Waals surface area contributed by atoms with Gasteiger partial charge in [-0.1, -0.05) is 48.5 Å². The monoisotopic (exact) mass is 508 g/mol. The molecule has 7 nitrogen and oxygen atoms in total. The lowest BCUT2D eigenvalue weighted by Crippen LogP contribution is -2.07. The van der Waals surface area contributed by atoms with E-state index in [-0.39, 0.29) is 4.88 Å². The number of nitrogens with zero attached hydrogens (tertiary/aromatic N) is 3. The molecule has 0 aliphatic rings. The van der Waals surface area contributed by atoms with Crippen LogP contribution in [0.5, 0.6) is 6.01 Å². The van der Waals surface area contributed by atoms with Crippen molar-refractivity contribution in [3.05, 3.63) is 67.8 Å². The Morgan fingerprint density at radius 1 is 1.15 bits per heavy atom. The molecule has 2 N–H and O–H groups in total. The first kappa shape index (κ1) is 22.5. The Morgan fingerprint density at radius 2 is 1.88 bits per heavy atom. The van der Waals surface area contributed by atoms with Gasteiger partial charge in [-0.25, -0.2) is 9.78 Å². The molecule has 0 saturated carbocycles. The largest absolute Gasteiger partial charge is 0.477 e. The van der Waals surface area contributed by atoms with Crippen LogP contribution in [0, 0.1) is 10.9 Å². The smallest absolute Gasteiger partial charge is 0.348 e.